The van der Waals surface area contributed by atoms with Crippen LogP contribution in [0.25, 0.3) is 0 Å². The molecule has 1 aromatic carbocycles. The number of nitrogens with zero attached hydrogens (tertiary/aromatic N) is 1. The minimum Gasteiger partial charge on any atom is -0.480 e. The molecule has 0 saturated heterocycles. The largest absolute Gasteiger partial charge is 0.480 e. The third-order valence-corrected chi connectivity index (χ3v) is 2.68. The molecule has 0 saturated carbocycles. The van der Waals surface area contributed by atoms with Gasteiger partial charge in [0, 0.05) is 16.3 Å². The lowest BCUT2D eigenvalue weighted by molar-refractivity contribution is -0.137. The van der Waals surface area contributed by atoms with E-state index in [1.165, 1.54) is 4.90 Å². The first-order valence-electron chi connectivity index (χ1n) is 4.63. The van der Waals surface area contributed by atoms with E-state index in [1.807, 2.05) is 0 Å². The fourth-order valence-electron chi connectivity index (χ4n) is 1.58. The molecular weight excluding hydrogens is 232 g/mol. The molecule has 0 aromatic heterocycles. The Bertz CT molecular complexity index is 461. The maximum absolute atomic E-state index is 11.5. The monoisotopic (exact) mass is 240 g/mol. The number of anilines is 1. The molecule has 1 aliphatic rings. The topological polar surface area (TPSA) is 69.6 Å². The van der Waals surface area contributed by atoms with Gasteiger partial charge in [-0.3, -0.25) is 4.79 Å². The lowest BCUT2D eigenvalue weighted by Gasteiger charge is -2.28. The molecular formula is C10H9ClN2O3. The number of carbonyl (C=O) groups excluding carboxylic acids is 1. The Labute approximate surface area is 96.6 Å². The molecule has 2 amide bonds. The van der Waals surface area contributed by atoms with Gasteiger partial charge in [0.25, 0.3) is 0 Å². The maximum Gasteiger partial charge on any atom is 0.323 e. The summed E-state index contributed by atoms with van der Waals surface area (Å²) in [5, 5.41) is 11.8. The van der Waals surface area contributed by atoms with E-state index in [0.29, 0.717) is 10.7 Å². The number of urea groups is 1. The summed E-state index contributed by atoms with van der Waals surface area (Å²) in [6.45, 7) is -0.121. The van der Waals surface area contributed by atoms with E-state index >= 15 is 0 Å². The van der Waals surface area contributed by atoms with Crippen LogP contribution in [0.3, 0.4) is 0 Å². The van der Waals surface area contributed by atoms with Crippen molar-refractivity contribution in [3.05, 3.63) is 28.8 Å². The van der Waals surface area contributed by atoms with Crippen molar-refractivity contribution in [2.75, 3.05) is 11.9 Å². The van der Waals surface area contributed by atoms with Gasteiger partial charge < -0.3 is 15.3 Å². The van der Waals surface area contributed by atoms with Gasteiger partial charge in [-0.15, -0.1) is 0 Å². The van der Waals surface area contributed by atoms with Crippen molar-refractivity contribution >= 4 is 29.3 Å². The zero-order chi connectivity index (χ0) is 11.7. The van der Waals surface area contributed by atoms with E-state index in [9.17, 15) is 9.59 Å². The molecule has 2 rings (SSSR count). The highest BCUT2D eigenvalue weighted by atomic mass is 35.5. The Hall–Kier alpha value is -1.75. The summed E-state index contributed by atoms with van der Waals surface area (Å²) in [5.41, 5.74) is 1.38. The summed E-state index contributed by atoms with van der Waals surface area (Å²) >= 11 is 5.97. The zero-order valence-corrected chi connectivity index (χ0v) is 8.99. The standard InChI is InChI=1S/C10H9ClN2O3/c11-7-2-1-3-8-6(7)4-13(5-9(14)15)10(16)12-8/h1-3H,4-5H2,(H,12,16)(H,14,15). The summed E-state index contributed by atoms with van der Waals surface area (Å²) in [6, 6.07) is 4.75. The van der Waals surface area contributed by atoms with E-state index < -0.39 is 12.0 Å². The van der Waals surface area contributed by atoms with E-state index in [2.05, 4.69) is 5.32 Å². The first-order valence-corrected chi connectivity index (χ1v) is 5.01. The number of benzene rings is 1. The Kier molecular flexibility index (Phi) is 2.70. The summed E-state index contributed by atoms with van der Waals surface area (Å²) in [7, 11) is 0. The van der Waals surface area contributed by atoms with Crippen molar-refractivity contribution < 1.29 is 14.7 Å². The number of halogens is 1. The number of fused-ring (bicyclic) bond motifs is 1. The molecule has 2 N–H and O–H groups in total. The number of hydrogen-bond donors (Lipinski definition) is 2. The van der Waals surface area contributed by atoms with Gasteiger partial charge in [-0.25, -0.2) is 4.79 Å². The van der Waals surface area contributed by atoms with Gasteiger partial charge in [-0.2, -0.15) is 0 Å². The van der Waals surface area contributed by atoms with Gasteiger partial charge in [0.05, 0.1) is 6.54 Å². The Balaban J connectivity index is 2.30. The van der Waals surface area contributed by atoms with Crippen molar-refractivity contribution in [1.82, 2.24) is 4.90 Å². The Morgan fingerprint density at radius 2 is 2.31 bits per heavy atom. The van der Waals surface area contributed by atoms with E-state index in [0.717, 1.165) is 5.56 Å². The average molecular weight is 241 g/mol. The lowest BCUT2D eigenvalue weighted by atomic mass is 10.1. The smallest absolute Gasteiger partial charge is 0.323 e. The molecule has 1 aliphatic heterocycles. The minimum absolute atomic E-state index is 0.215. The molecule has 6 heteroatoms. The number of amides is 2. The van der Waals surface area contributed by atoms with Crippen LogP contribution in [-0.2, 0) is 11.3 Å². The molecule has 16 heavy (non-hydrogen) atoms. The fraction of sp³-hybridized carbons (Fsp3) is 0.200. The molecule has 0 unspecified atom stereocenters. The SMILES string of the molecule is O=C(O)CN1Cc2c(Cl)cccc2NC1=O. The summed E-state index contributed by atoms with van der Waals surface area (Å²) in [6.07, 6.45) is 0. The number of nitrogens with one attached hydrogen (secondary N) is 1. The van der Waals surface area contributed by atoms with Gasteiger partial charge in [0.15, 0.2) is 0 Å². The summed E-state index contributed by atoms with van der Waals surface area (Å²) in [5.74, 6) is -1.05. The number of hydrogen-bond acceptors (Lipinski definition) is 2. The molecule has 0 bridgehead atoms. The predicted molar refractivity (Wildman–Crippen MR) is 58.5 cm³/mol. The lowest BCUT2D eigenvalue weighted by Crippen LogP contribution is -2.41. The number of carbonyl (C=O) groups is 2. The van der Waals surface area contributed by atoms with Crippen LogP contribution < -0.4 is 5.32 Å². The number of carboxylic acids is 1. The van der Waals surface area contributed by atoms with Crippen LogP contribution >= 0.6 is 11.6 Å². The normalized spacial score (nSPS) is 14.3. The van der Waals surface area contributed by atoms with Gasteiger partial charge >= 0.3 is 12.0 Å². The molecule has 0 aliphatic carbocycles. The molecule has 5 nitrogen and oxygen atoms in total. The number of aliphatic carboxylic acids is 1. The zero-order valence-electron chi connectivity index (χ0n) is 8.24. The van der Waals surface area contributed by atoms with Crippen molar-refractivity contribution in [3.8, 4) is 0 Å². The first kappa shape index (κ1) is 10.8. The Morgan fingerprint density at radius 1 is 1.56 bits per heavy atom. The molecule has 1 aromatic rings. The second-order valence-electron chi connectivity index (χ2n) is 3.45. The van der Waals surface area contributed by atoms with Crippen LogP contribution in [0.15, 0.2) is 18.2 Å². The van der Waals surface area contributed by atoms with Gasteiger partial charge in [-0.1, -0.05) is 17.7 Å². The third-order valence-electron chi connectivity index (χ3n) is 2.32. The summed E-state index contributed by atoms with van der Waals surface area (Å²) < 4.78 is 0. The molecule has 84 valence electrons. The number of rotatable bonds is 2. The molecule has 0 atom stereocenters. The van der Waals surface area contributed by atoms with Gasteiger partial charge in [-0.05, 0) is 12.1 Å². The maximum atomic E-state index is 11.5. The van der Waals surface area contributed by atoms with E-state index in [4.69, 9.17) is 16.7 Å². The van der Waals surface area contributed by atoms with Crippen LogP contribution in [0.1, 0.15) is 5.56 Å². The summed E-state index contributed by atoms with van der Waals surface area (Å²) in [4.78, 5) is 23.3. The highest BCUT2D eigenvalue weighted by Crippen LogP contribution is 2.29. The van der Waals surface area contributed by atoms with Crippen LogP contribution in [0.5, 0.6) is 0 Å². The van der Waals surface area contributed by atoms with Crippen LogP contribution in [0, 0.1) is 0 Å². The van der Waals surface area contributed by atoms with Crippen molar-refractivity contribution in [3.63, 3.8) is 0 Å². The molecule has 0 radical (unpaired) electrons. The minimum atomic E-state index is -1.05. The highest BCUT2D eigenvalue weighted by molar-refractivity contribution is 6.32. The fourth-order valence-corrected chi connectivity index (χ4v) is 1.82. The second-order valence-corrected chi connectivity index (χ2v) is 3.85. The first-order chi connectivity index (χ1) is 7.58. The molecule has 0 fully saturated rings. The van der Waals surface area contributed by atoms with Crippen LogP contribution in [0.4, 0.5) is 10.5 Å². The molecule has 0 spiro atoms. The van der Waals surface area contributed by atoms with Crippen LogP contribution in [-0.4, -0.2) is 28.6 Å². The Morgan fingerprint density at radius 3 is 3.00 bits per heavy atom. The van der Waals surface area contributed by atoms with Crippen molar-refractivity contribution in [2.24, 2.45) is 0 Å². The van der Waals surface area contributed by atoms with E-state index in [-0.39, 0.29) is 13.1 Å². The van der Waals surface area contributed by atoms with Crippen molar-refractivity contribution in [1.29, 1.82) is 0 Å². The predicted octanol–water partition coefficient (Wildman–Crippen LogP) is 1.77. The van der Waals surface area contributed by atoms with Crippen LogP contribution in [0.2, 0.25) is 5.02 Å². The van der Waals surface area contributed by atoms with Gasteiger partial charge in [0.2, 0.25) is 0 Å². The highest BCUT2D eigenvalue weighted by Gasteiger charge is 2.25. The molecule has 1 heterocycles. The van der Waals surface area contributed by atoms with Crippen molar-refractivity contribution in [2.45, 2.75) is 6.54 Å². The quantitative estimate of drug-likeness (QED) is 0.828. The number of carboxylic acid groups (broad SMARTS) is 1. The third kappa shape index (κ3) is 1.94. The van der Waals surface area contributed by atoms with E-state index in [1.54, 1.807) is 18.2 Å². The van der Waals surface area contributed by atoms with Gasteiger partial charge in [0.1, 0.15) is 6.54 Å². The second kappa shape index (κ2) is 4.02. The average Bonchev–Trinajstić information content (AvgIpc) is 2.20.